The van der Waals surface area contributed by atoms with Gasteiger partial charge in [-0.3, -0.25) is 28.8 Å². The molecule has 0 saturated heterocycles. The average Bonchev–Trinajstić information content (AvgIpc) is 3.24. The van der Waals surface area contributed by atoms with Gasteiger partial charge in [-0.2, -0.15) is 0 Å². The molecule has 0 rings (SSSR count). The van der Waals surface area contributed by atoms with Crippen LogP contribution in [0.5, 0.6) is 0 Å². The van der Waals surface area contributed by atoms with E-state index in [4.69, 9.17) is 48.2 Å². The van der Waals surface area contributed by atoms with Crippen molar-refractivity contribution in [1.29, 1.82) is 0 Å². The highest BCUT2D eigenvalue weighted by molar-refractivity contribution is 5.88. The number of rotatable bonds is 44. The third kappa shape index (κ3) is 43.4. The van der Waals surface area contributed by atoms with E-state index in [0.717, 1.165) is 0 Å². The quantitative estimate of drug-likeness (QED) is 0.0167. The SMILES string of the molecule is CCOCCOCCC(=O)NCCCC(=O)NCC(=O)NCC(=O)NCCOCCOCCOCCOCCC(=O)OCCCCNC(=O)CCOCCOCCN=[N+]=[N-]. The molecule has 0 aromatic heterocycles. The Morgan fingerprint density at radius 3 is 1.43 bits per heavy atom. The van der Waals surface area contributed by atoms with E-state index in [1.54, 1.807) is 0 Å². The second-order valence-electron chi connectivity index (χ2n) is 12.3. The molecule has 0 spiro atoms. The number of unbranched alkanes of at least 4 members (excludes halogenated alkanes) is 1. The van der Waals surface area contributed by atoms with E-state index < -0.39 is 11.8 Å². The minimum absolute atomic E-state index is 0.125. The molecule has 0 aromatic rings. The van der Waals surface area contributed by atoms with Gasteiger partial charge in [-0.15, -0.1) is 0 Å². The topological polar surface area (TPSA) is 294 Å². The zero-order chi connectivity index (χ0) is 44.0. The fraction of sp³-hybridized carbons (Fsp3) is 0.838. The van der Waals surface area contributed by atoms with E-state index in [0.29, 0.717) is 118 Å². The Morgan fingerprint density at radius 1 is 0.433 bits per heavy atom. The number of amides is 5. The maximum Gasteiger partial charge on any atom is 0.308 e. The number of esters is 1. The number of nitrogens with zero attached hydrogens (tertiary/aromatic N) is 3. The summed E-state index contributed by atoms with van der Waals surface area (Å²) >= 11 is 0. The van der Waals surface area contributed by atoms with E-state index in [9.17, 15) is 28.8 Å². The van der Waals surface area contributed by atoms with Crippen molar-refractivity contribution in [2.75, 3.05) is 152 Å². The number of azide groups is 1. The molecule has 0 bridgehead atoms. The number of carbonyl (C=O) groups is 6. The highest BCUT2D eigenvalue weighted by Crippen LogP contribution is 1.95. The minimum atomic E-state index is -0.510. The van der Waals surface area contributed by atoms with Crippen molar-refractivity contribution in [1.82, 2.24) is 26.6 Å². The van der Waals surface area contributed by atoms with Crippen LogP contribution in [0.4, 0.5) is 0 Å². The normalized spacial score (nSPS) is 10.7. The molecule has 0 aliphatic rings. The molecule has 0 heterocycles. The highest BCUT2D eigenvalue weighted by Gasteiger charge is 2.09. The lowest BCUT2D eigenvalue weighted by Gasteiger charge is -2.09. The molecular weight excluding hydrogens is 796 g/mol. The smallest absolute Gasteiger partial charge is 0.308 e. The first kappa shape index (κ1) is 55.8. The molecule has 0 atom stereocenters. The fourth-order valence-electron chi connectivity index (χ4n) is 4.28. The lowest BCUT2D eigenvalue weighted by atomic mass is 10.3. The molecule has 0 aliphatic carbocycles. The van der Waals surface area contributed by atoms with Gasteiger partial charge in [0.2, 0.25) is 29.5 Å². The van der Waals surface area contributed by atoms with Crippen molar-refractivity contribution in [3.63, 3.8) is 0 Å². The Hall–Kier alpha value is -4.19. The van der Waals surface area contributed by atoms with Crippen molar-refractivity contribution in [2.24, 2.45) is 5.11 Å². The molecule has 0 saturated carbocycles. The molecule has 60 heavy (non-hydrogen) atoms. The average molecular weight is 865 g/mol. The molecule has 5 amide bonds. The Bertz CT molecular complexity index is 1180. The van der Waals surface area contributed by atoms with Crippen LogP contribution in [0.15, 0.2) is 5.11 Å². The summed E-state index contributed by atoms with van der Waals surface area (Å²) in [7, 11) is 0. The molecule has 0 fully saturated rings. The first-order chi connectivity index (χ1) is 29.3. The van der Waals surface area contributed by atoms with Gasteiger partial charge in [0.15, 0.2) is 0 Å². The van der Waals surface area contributed by atoms with Crippen molar-refractivity contribution in [3.8, 4) is 0 Å². The molecule has 0 aliphatic heterocycles. The maximum atomic E-state index is 11.9. The summed E-state index contributed by atoms with van der Waals surface area (Å²) in [6, 6.07) is 0. The van der Waals surface area contributed by atoms with Crippen molar-refractivity contribution in [2.45, 2.75) is 51.9 Å². The van der Waals surface area contributed by atoms with Crippen LogP contribution in [0, 0.1) is 0 Å². The second-order valence-corrected chi connectivity index (χ2v) is 12.3. The molecule has 0 radical (unpaired) electrons. The third-order valence-corrected chi connectivity index (χ3v) is 7.38. The summed E-state index contributed by atoms with van der Waals surface area (Å²) in [6.07, 6.45) is 2.41. The van der Waals surface area contributed by atoms with E-state index in [1.807, 2.05) is 6.92 Å². The van der Waals surface area contributed by atoms with Gasteiger partial charge < -0.3 is 69.2 Å². The predicted molar refractivity (Wildman–Crippen MR) is 215 cm³/mol. The Morgan fingerprint density at radius 2 is 0.867 bits per heavy atom. The summed E-state index contributed by atoms with van der Waals surface area (Å²) in [6.45, 7) is 8.55. The lowest BCUT2D eigenvalue weighted by Crippen LogP contribution is -2.42. The monoisotopic (exact) mass is 864 g/mol. The molecular formula is C37H68N8O15. The molecule has 0 aromatic carbocycles. The molecule has 23 heteroatoms. The second kappa shape index (κ2) is 44.4. The van der Waals surface area contributed by atoms with Gasteiger partial charge in [0.05, 0.1) is 125 Å². The van der Waals surface area contributed by atoms with E-state index in [2.05, 4.69) is 36.6 Å². The van der Waals surface area contributed by atoms with Crippen LogP contribution in [0.2, 0.25) is 0 Å². The standard InChI is InChI=1S/C37H68N8O15/c1-2-52-20-21-53-15-8-34(48)40-11-5-6-32(46)42-31-36(50)43-30-35(49)41-12-18-56-25-27-59-29-28-58-26-23-55-17-9-37(51)60-14-4-3-10-39-33(47)7-16-54-22-24-57-19-13-44-45-38/h2-31H2,1H3,(H,39,47)(H,40,48)(H,41,49)(H,42,46)(H,43,50). The van der Waals surface area contributed by atoms with Crippen LogP contribution in [-0.4, -0.2) is 187 Å². The Balaban J connectivity index is 3.44. The summed E-state index contributed by atoms with van der Waals surface area (Å²) in [4.78, 5) is 73.8. The van der Waals surface area contributed by atoms with Crippen molar-refractivity contribution in [3.05, 3.63) is 10.4 Å². The number of nitrogens with one attached hydrogen (secondary N) is 5. The molecule has 5 N–H and O–H groups in total. The van der Waals surface area contributed by atoms with Gasteiger partial charge >= 0.3 is 5.97 Å². The van der Waals surface area contributed by atoms with Gasteiger partial charge in [0.25, 0.3) is 0 Å². The van der Waals surface area contributed by atoms with Crippen LogP contribution in [-0.2, 0) is 71.4 Å². The van der Waals surface area contributed by atoms with Gasteiger partial charge in [-0.1, -0.05) is 5.11 Å². The van der Waals surface area contributed by atoms with Gasteiger partial charge in [0.1, 0.15) is 0 Å². The van der Waals surface area contributed by atoms with Gasteiger partial charge in [0, 0.05) is 57.0 Å². The zero-order valence-electron chi connectivity index (χ0n) is 35.2. The summed E-state index contributed by atoms with van der Waals surface area (Å²) in [5, 5.41) is 16.3. The number of hydrogen-bond acceptors (Lipinski definition) is 16. The summed E-state index contributed by atoms with van der Waals surface area (Å²) < 4.78 is 47.7. The number of hydrogen-bond donors (Lipinski definition) is 5. The van der Waals surface area contributed by atoms with E-state index in [-0.39, 0.29) is 102 Å². The van der Waals surface area contributed by atoms with E-state index in [1.165, 1.54) is 0 Å². The van der Waals surface area contributed by atoms with Crippen LogP contribution in [0.1, 0.15) is 51.9 Å². The lowest BCUT2D eigenvalue weighted by molar-refractivity contribution is -0.145. The highest BCUT2D eigenvalue weighted by atomic mass is 16.6. The largest absolute Gasteiger partial charge is 0.466 e. The first-order valence-electron chi connectivity index (χ1n) is 20.4. The number of ether oxygens (including phenoxy) is 9. The summed E-state index contributed by atoms with van der Waals surface area (Å²) in [5.41, 5.74) is 8.16. The van der Waals surface area contributed by atoms with Gasteiger partial charge in [-0.25, -0.2) is 0 Å². The van der Waals surface area contributed by atoms with Crippen LogP contribution >= 0.6 is 0 Å². The van der Waals surface area contributed by atoms with Crippen LogP contribution in [0.25, 0.3) is 10.4 Å². The minimum Gasteiger partial charge on any atom is -0.466 e. The van der Waals surface area contributed by atoms with Crippen molar-refractivity contribution < 1.29 is 71.4 Å². The molecule has 0 unspecified atom stereocenters. The van der Waals surface area contributed by atoms with Gasteiger partial charge in [-0.05, 0) is 31.7 Å². The Labute approximate surface area is 352 Å². The fourth-order valence-corrected chi connectivity index (χ4v) is 4.28. The molecule has 23 nitrogen and oxygen atoms in total. The predicted octanol–water partition coefficient (Wildman–Crippen LogP) is -0.696. The first-order valence-corrected chi connectivity index (χ1v) is 20.4. The van der Waals surface area contributed by atoms with Crippen molar-refractivity contribution >= 4 is 35.5 Å². The molecule has 346 valence electrons. The summed E-state index contributed by atoms with van der Waals surface area (Å²) in [5.74, 6) is -1.92. The third-order valence-electron chi connectivity index (χ3n) is 7.38. The van der Waals surface area contributed by atoms with Crippen LogP contribution in [0.3, 0.4) is 0 Å². The number of carbonyl (C=O) groups excluding carboxylic acids is 6. The van der Waals surface area contributed by atoms with E-state index >= 15 is 0 Å². The Kier molecular flexibility index (Phi) is 41.3. The zero-order valence-corrected chi connectivity index (χ0v) is 35.2. The maximum absolute atomic E-state index is 11.9. The van der Waals surface area contributed by atoms with Crippen LogP contribution < -0.4 is 26.6 Å².